The molecule has 3 aromatic heterocycles. The third-order valence-electron chi connectivity index (χ3n) is 9.42. The van der Waals surface area contributed by atoms with Gasteiger partial charge in [-0.15, -0.1) is 0 Å². The summed E-state index contributed by atoms with van der Waals surface area (Å²) in [6, 6.07) is 19.0. The van der Waals surface area contributed by atoms with Crippen LogP contribution in [-0.2, 0) is 29.5 Å². The Balaban J connectivity index is 1.36. The van der Waals surface area contributed by atoms with Gasteiger partial charge in [-0.25, -0.2) is 27.8 Å². The topological polar surface area (TPSA) is 148 Å². The Morgan fingerprint density at radius 2 is 1.51 bits per heavy atom. The van der Waals surface area contributed by atoms with Gasteiger partial charge in [0.15, 0.2) is 11.6 Å². The molecule has 6 rings (SSSR count). The molecule has 16 heteroatoms. The van der Waals surface area contributed by atoms with Crippen LogP contribution in [0.3, 0.4) is 0 Å². The predicted molar refractivity (Wildman–Crippen MR) is 209 cm³/mol. The second-order valence-corrected chi connectivity index (χ2v) is 15.4. The molecule has 0 unspecified atom stereocenters. The van der Waals surface area contributed by atoms with Gasteiger partial charge in [-0.05, 0) is 67.3 Å². The third-order valence-corrected chi connectivity index (χ3v) is 10.7. The number of sulfonamides is 1. The molecular formula is C39H46FN9O5S. The van der Waals surface area contributed by atoms with Crippen molar-refractivity contribution in [3.63, 3.8) is 0 Å². The zero-order chi connectivity index (χ0) is 39.1. The van der Waals surface area contributed by atoms with Gasteiger partial charge in [0, 0.05) is 57.6 Å². The van der Waals surface area contributed by atoms with Crippen LogP contribution in [0.2, 0.25) is 0 Å². The second-order valence-electron chi connectivity index (χ2n) is 13.4. The zero-order valence-corrected chi connectivity index (χ0v) is 32.7. The number of aryl methyl sites for hydroxylation is 1. The molecule has 1 aliphatic heterocycles. The number of anilines is 3. The van der Waals surface area contributed by atoms with Crippen LogP contribution in [0.25, 0.3) is 11.4 Å². The fourth-order valence-corrected chi connectivity index (χ4v) is 7.29. The first-order chi connectivity index (χ1) is 26.4. The van der Waals surface area contributed by atoms with Gasteiger partial charge in [0.2, 0.25) is 21.9 Å². The minimum Gasteiger partial charge on any atom is -0.497 e. The van der Waals surface area contributed by atoms with Gasteiger partial charge >= 0.3 is 0 Å². The molecule has 0 amide bonds. The maximum Gasteiger partial charge on any atom is 0.250 e. The second kappa shape index (κ2) is 17.3. The highest BCUT2D eigenvalue weighted by molar-refractivity contribution is 7.88. The van der Waals surface area contributed by atoms with Crippen molar-refractivity contribution in [2.75, 3.05) is 64.0 Å². The van der Waals surface area contributed by atoms with E-state index in [1.165, 1.54) is 29.9 Å². The maximum absolute atomic E-state index is 14.7. The Kier molecular flexibility index (Phi) is 12.4. The molecule has 14 nitrogen and oxygen atoms in total. The number of hydrogen-bond donors (Lipinski definition) is 1. The standard InChI is InChI=1S/C39H46FN9O5S/c1-26-23-49(55(6,50)51)18-17-47(26)16-15-30-19-34(36(41-21-30)45-31-20-35(40)38(54-5)42-22-31)37-43-27(2)44-39(46-37)48(24-28-7-11-32(52-3)12-8-28)25-29-9-13-33(53-4)14-10-29/h7-14,19-22,26H,15-18,23-25H2,1-6H3,(H,41,45)/t26-/m1/s1. The Bertz CT molecular complexity index is 2140. The van der Waals surface area contributed by atoms with Gasteiger partial charge in [-0.2, -0.15) is 14.3 Å². The highest BCUT2D eigenvalue weighted by atomic mass is 32.2. The van der Waals surface area contributed by atoms with E-state index in [1.807, 2.05) is 68.4 Å². The predicted octanol–water partition coefficient (Wildman–Crippen LogP) is 5.26. The molecule has 0 bridgehead atoms. The van der Waals surface area contributed by atoms with Crippen LogP contribution in [0, 0.1) is 12.7 Å². The van der Waals surface area contributed by atoms with Crippen LogP contribution >= 0.6 is 0 Å². The number of methoxy groups -OCH3 is 3. The summed E-state index contributed by atoms with van der Waals surface area (Å²) in [7, 11) is 1.37. The van der Waals surface area contributed by atoms with Gasteiger partial charge in [0.1, 0.15) is 23.1 Å². The monoisotopic (exact) mass is 771 g/mol. The number of benzene rings is 2. The lowest BCUT2D eigenvalue weighted by Crippen LogP contribution is -2.53. The molecule has 0 spiro atoms. The number of nitrogens with zero attached hydrogens (tertiary/aromatic N) is 8. The van der Waals surface area contributed by atoms with E-state index < -0.39 is 15.8 Å². The molecule has 0 saturated carbocycles. The van der Waals surface area contributed by atoms with Crippen molar-refractivity contribution in [3.05, 3.63) is 101 Å². The number of ether oxygens (including phenoxy) is 3. The molecule has 1 aliphatic rings. The van der Waals surface area contributed by atoms with Gasteiger partial charge in [-0.1, -0.05) is 24.3 Å². The number of nitrogens with one attached hydrogen (secondary N) is 1. The van der Waals surface area contributed by atoms with Crippen molar-refractivity contribution in [2.45, 2.75) is 39.4 Å². The van der Waals surface area contributed by atoms with E-state index in [4.69, 9.17) is 34.1 Å². The molecule has 290 valence electrons. The first-order valence-corrected chi connectivity index (χ1v) is 19.7. The highest BCUT2D eigenvalue weighted by Gasteiger charge is 2.28. The summed E-state index contributed by atoms with van der Waals surface area (Å²) in [5.74, 6) is 2.52. The highest BCUT2D eigenvalue weighted by Crippen LogP contribution is 2.31. The quantitative estimate of drug-likeness (QED) is 0.148. The van der Waals surface area contributed by atoms with Crippen LogP contribution in [0.5, 0.6) is 17.4 Å². The van der Waals surface area contributed by atoms with E-state index in [1.54, 1.807) is 20.4 Å². The van der Waals surface area contributed by atoms with Gasteiger partial charge in [0.05, 0.1) is 45.0 Å². The van der Waals surface area contributed by atoms with E-state index in [9.17, 15) is 12.8 Å². The number of halogens is 1. The molecule has 5 aromatic rings. The van der Waals surface area contributed by atoms with Crippen LogP contribution < -0.4 is 24.4 Å². The average Bonchev–Trinajstić information content (AvgIpc) is 3.17. The molecule has 1 N–H and O–H groups in total. The Morgan fingerprint density at radius 3 is 2.07 bits per heavy atom. The van der Waals surface area contributed by atoms with Crippen molar-refractivity contribution < 1.29 is 27.0 Å². The van der Waals surface area contributed by atoms with Gasteiger partial charge in [-0.3, -0.25) is 4.90 Å². The largest absolute Gasteiger partial charge is 0.497 e. The summed E-state index contributed by atoms with van der Waals surface area (Å²) < 4.78 is 56.4. The molecule has 1 atom stereocenters. The molecular weight excluding hydrogens is 726 g/mol. The summed E-state index contributed by atoms with van der Waals surface area (Å²) in [5, 5.41) is 3.21. The lowest BCUT2D eigenvalue weighted by molar-refractivity contribution is 0.131. The fourth-order valence-electron chi connectivity index (χ4n) is 6.39. The average molecular weight is 772 g/mol. The van der Waals surface area contributed by atoms with Crippen LogP contribution in [-0.4, -0.2) is 102 Å². The first-order valence-electron chi connectivity index (χ1n) is 17.8. The van der Waals surface area contributed by atoms with Crippen LogP contribution in [0.4, 0.5) is 21.8 Å². The Labute approximate surface area is 321 Å². The SMILES string of the molecule is COc1ccc(CN(Cc2ccc(OC)cc2)c2nc(C)nc(-c3cc(CCN4CCN(S(C)(=O)=O)C[C@H]4C)cnc3Nc3cnc(OC)c(F)c3)n2)cc1. The van der Waals surface area contributed by atoms with Crippen LogP contribution in [0.15, 0.2) is 73.1 Å². The smallest absolute Gasteiger partial charge is 0.250 e. The maximum atomic E-state index is 14.7. The normalized spacial score (nSPS) is 15.1. The van der Waals surface area contributed by atoms with Gasteiger partial charge < -0.3 is 24.4 Å². The molecule has 55 heavy (non-hydrogen) atoms. The lowest BCUT2D eigenvalue weighted by Gasteiger charge is -2.38. The van der Waals surface area contributed by atoms with Crippen LogP contribution in [0.1, 0.15) is 29.4 Å². The summed E-state index contributed by atoms with van der Waals surface area (Å²) in [4.78, 5) is 27.8. The Morgan fingerprint density at radius 1 is 0.855 bits per heavy atom. The van der Waals surface area contributed by atoms with Crippen molar-refractivity contribution in [1.82, 2.24) is 34.1 Å². The summed E-state index contributed by atoms with van der Waals surface area (Å²) >= 11 is 0. The zero-order valence-electron chi connectivity index (χ0n) is 31.9. The number of aromatic nitrogens is 5. The minimum absolute atomic E-state index is 0.0467. The van der Waals surface area contributed by atoms with E-state index in [0.29, 0.717) is 80.4 Å². The molecule has 0 aliphatic carbocycles. The number of piperazine rings is 1. The first kappa shape index (κ1) is 39.2. The van der Waals surface area contributed by atoms with Crippen molar-refractivity contribution in [1.29, 1.82) is 0 Å². The minimum atomic E-state index is -3.26. The van der Waals surface area contributed by atoms with Crippen molar-refractivity contribution in [3.8, 4) is 28.8 Å². The number of rotatable bonds is 15. The molecule has 1 fully saturated rings. The number of hydrogen-bond acceptors (Lipinski definition) is 13. The number of pyridine rings is 2. The van der Waals surface area contributed by atoms with Crippen molar-refractivity contribution >= 4 is 27.5 Å². The van der Waals surface area contributed by atoms with E-state index >= 15 is 0 Å². The molecule has 4 heterocycles. The Hall–Kier alpha value is -5.45. The summed E-state index contributed by atoms with van der Waals surface area (Å²) in [5.41, 5.74) is 3.93. The van der Waals surface area contributed by atoms with Gasteiger partial charge in [0.25, 0.3) is 0 Å². The molecule has 1 saturated heterocycles. The van der Waals surface area contributed by atoms with E-state index in [-0.39, 0.29) is 11.9 Å². The lowest BCUT2D eigenvalue weighted by atomic mass is 10.1. The summed E-state index contributed by atoms with van der Waals surface area (Å²) in [6.45, 7) is 7.03. The van der Waals surface area contributed by atoms with Crippen molar-refractivity contribution in [2.24, 2.45) is 0 Å². The third kappa shape index (κ3) is 10.0. The molecule has 2 aromatic carbocycles. The van der Waals surface area contributed by atoms with E-state index in [2.05, 4.69) is 20.1 Å². The summed E-state index contributed by atoms with van der Waals surface area (Å²) in [6.07, 6.45) is 5.12. The molecule has 0 radical (unpaired) electrons. The fraction of sp³-hybridized carbons (Fsp3) is 0.359. The van der Waals surface area contributed by atoms with E-state index in [0.717, 1.165) is 28.2 Å².